The van der Waals surface area contributed by atoms with Crippen LogP contribution in [-0.4, -0.2) is 58.0 Å². The molecule has 16 heteroatoms. The Bertz CT molecular complexity index is 1270. The molecule has 0 radical (unpaired) electrons. The van der Waals surface area contributed by atoms with Gasteiger partial charge in [0.25, 0.3) is 0 Å². The molecule has 1 amide bonds. The first-order valence-electron chi connectivity index (χ1n) is 12.1. The van der Waals surface area contributed by atoms with Gasteiger partial charge in [0.15, 0.2) is 17.3 Å². The molecule has 2 N–H and O–H groups in total. The molecule has 10 nitrogen and oxygen atoms in total. The van der Waals surface area contributed by atoms with Crippen molar-refractivity contribution in [1.82, 2.24) is 14.5 Å². The summed E-state index contributed by atoms with van der Waals surface area (Å²) in [6.45, 7) is 1.85. The summed E-state index contributed by atoms with van der Waals surface area (Å²) in [6.07, 6.45) is -7.87. The number of hydrogen-bond donors (Lipinski definition) is 1. The van der Waals surface area contributed by atoms with Crippen LogP contribution in [-0.2, 0) is 44.7 Å². The summed E-state index contributed by atoms with van der Waals surface area (Å²) in [6, 6.07) is -0.0670. The summed E-state index contributed by atoms with van der Waals surface area (Å²) in [4.78, 5) is 41.6. The number of imidazole rings is 1. The molecule has 0 saturated heterocycles. The fourth-order valence-corrected chi connectivity index (χ4v) is 3.97. The second-order valence-electron chi connectivity index (χ2n) is 8.91. The summed E-state index contributed by atoms with van der Waals surface area (Å²) in [7, 11) is 0. The lowest BCUT2D eigenvalue weighted by Gasteiger charge is -2.30. The molecular formula is C24H26F6N4O6. The number of nitrogens with two attached hydrogens (primary N) is 1. The molecule has 0 fully saturated rings. The number of amides is 1. The van der Waals surface area contributed by atoms with E-state index in [-0.39, 0.29) is 37.4 Å². The van der Waals surface area contributed by atoms with Gasteiger partial charge < -0.3 is 29.4 Å². The molecule has 2 aromatic rings. The summed E-state index contributed by atoms with van der Waals surface area (Å²) in [5, 5.41) is 0. The van der Waals surface area contributed by atoms with Crippen molar-refractivity contribution in [2.24, 2.45) is 5.73 Å². The number of carbonyl (C=O) groups excluding carboxylic acids is 3. The van der Waals surface area contributed by atoms with Crippen LogP contribution in [0.1, 0.15) is 54.3 Å². The first kappa shape index (κ1) is 30.7. The van der Waals surface area contributed by atoms with Crippen molar-refractivity contribution in [2.75, 3.05) is 13.2 Å². The lowest BCUT2D eigenvalue weighted by molar-refractivity contribution is -0.148. The minimum absolute atomic E-state index is 0.0340. The molecule has 0 saturated carbocycles. The highest BCUT2D eigenvalue weighted by atomic mass is 19.4. The smallest absolute Gasteiger partial charge is 0.434 e. The third-order valence-electron chi connectivity index (χ3n) is 5.77. The second-order valence-corrected chi connectivity index (χ2v) is 8.91. The first-order valence-corrected chi connectivity index (χ1v) is 12.1. The summed E-state index contributed by atoms with van der Waals surface area (Å²) in [5.74, 6) is -7.11. The van der Waals surface area contributed by atoms with Crippen LogP contribution in [0, 0.1) is 17.5 Å². The van der Waals surface area contributed by atoms with E-state index in [9.17, 15) is 40.7 Å². The molecule has 220 valence electrons. The SMILES string of the molecule is CCCOC(=O)OC(C)OC(=O)c1nc(C(F)(F)F)n2c1CN(C(=O)CC(N)Cc1cc(F)c(F)cc1F)CC2. The van der Waals surface area contributed by atoms with E-state index in [1.54, 1.807) is 6.92 Å². The molecule has 1 aliphatic heterocycles. The van der Waals surface area contributed by atoms with Crippen LogP contribution < -0.4 is 5.73 Å². The Morgan fingerprint density at radius 2 is 1.75 bits per heavy atom. The van der Waals surface area contributed by atoms with Crippen LogP contribution in [0.4, 0.5) is 31.1 Å². The van der Waals surface area contributed by atoms with Gasteiger partial charge in [-0.1, -0.05) is 6.92 Å². The quantitative estimate of drug-likeness (QED) is 0.206. The zero-order valence-electron chi connectivity index (χ0n) is 21.4. The highest BCUT2D eigenvalue weighted by Gasteiger charge is 2.42. The van der Waals surface area contributed by atoms with E-state index in [2.05, 4.69) is 9.72 Å². The monoisotopic (exact) mass is 580 g/mol. The Balaban J connectivity index is 1.74. The molecule has 0 aliphatic carbocycles. The lowest BCUT2D eigenvalue weighted by atomic mass is 10.0. The number of fused-ring (bicyclic) bond motifs is 1. The van der Waals surface area contributed by atoms with Gasteiger partial charge in [-0.15, -0.1) is 0 Å². The van der Waals surface area contributed by atoms with Gasteiger partial charge in [-0.3, -0.25) is 4.79 Å². The molecule has 2 atom stereocenters. The van der Waals surface area contributed by atoms with E-state index >= 15 is 0 Å². The molecule has 1 aromatic carbocycles. The maximum absolute atomic E-state index is 13.9. The van der Waals surface area contributed by atoms with Crippen LogP contribution in [0.3, 0.4) is 0 Å². The number of ether oxygens (including phenoxy) is 3. The summed E-state index contributed by atoms with van der Waals surface area (Å²) >= 11 is 0. The fourth-order valence-electron chi connectivity index (χ4n) is 3.97. The van der Waals surface area contributed by atoms with Gasteiger partial charge in [-0.2, -0.15) is 13.2 Å². The van der Waals surface area contributed by atoms with Crippen LogP contribution in [0.15, 0.2) is 12.1 Å². The Hall–Kier alpha value is -3.82. The predicted molar refractivity (Wildman–Crippen MR) is 123 cm³/mol. The normalized spacial score (nSPS) is 14.8. The van der Waals surface area contributed by atoms with Crippen molar-refractivity contribution in [3.63, 3.8) is 0 Å². The van der Waals surface area contributed by atoms with Gasteiger partial charge in [-0.05, 0) is 24.5 Å². The van der Waals surface area contributed by atoms with E-state index in [1.165, 1.54) is 0 Å². The Morgan fingerprint density at radius 3 is 2.40 bits per heavy atom. The molecule has 2 heterocycles. The number of carbonyl (C=O) groups is 3. The van der Waals surface area contributed by atoms with Gasteiger partial charge >= 0.3 is 18.3 Å². The first-order chi connectivity index (χ1) is 18.7. The highest BCUT2D eigenvalue weighted by Crippen LogP contribution is 2.33. The van der Waals surface area contributed by atoms with Crippen molar-refractivity contribution >= 4 is 18.0 Å². The molecule has 3 rings (SSSR count). The average molecular weight is 580 g/mol. The van der Waals surface area contributed by atoms with Crippen molar-refractivity contribution in [2.45, 2.75) is 64.7 Å². The van der Waals surface area contributed by atoms with E-state index in [4.69, 9.17) is 15.2 Å². The summed E-state index contributed by atoms with van der Waals surface area (Å²) in [5.41, 5.74) is 4.63. The molecule has 40 heavy (non-hydrogen) atoms. The zero-order chi connectivity index (χ0) is 29.8. The maximum Gasteiger partial charge on any atom is 0.511 e. The largest absolute Gasteiger partial charge is 0.511 e. The van der Waals surface area contributed by atoms with Crippen LogP contribution in [0.5, 0.6) is 0 Å². The maximum atomic E-state index is 13.9. The predicted octanol–water partition coefficient (Wildman–Crippen LogP) is 3.69. The van der Waals surface area contributed by atoms with Crippen molar-refractivity contribution in [3.05, 3.63) is 52.4 Å². The minimum atomic E-state index is -4.94. The van der Waals surface area contributed by atoms with Gasteiger partial charge in [0.1, 0.15) is 5.82 Å². The molecular weight excluding hydrogens is 554 g/mol. The number of nitrogens with zero attached hydrogens (tertiary/aromatic N) is 3. The third-order valence-corrected chi connectivity index (χ3v) is 5.77. The average Bonchev–Trinajstić information content (AvgIpc) is 3.25. The fraction of sp³-hybridized carbons (Fsp3) is 0.500. The lowest BCUT2D eigenvalue weighted by Crippen LogP contribution is -2.42. The number of rotatable bonds is 9. The minimum Gasteiger partial charge on any atom is -0.434 e. The Morgan fingerprint density at radius 1 is 1.07 bits per heavy atom. The van der Waals surface area contributed by atoms with Crippen molar-refractivity contribution < 1.29 is 54.9 Å². The number of esters is 1. The van der Waals surface area contributed by atoms with Crippen molar-refractivity contribution in [3.8, 4) is 0 Å². The zero-order valence-corrected chi connectivity index (χ0v) is 21.4. The van der Waals surface area contributed by atoms with Crippen LogP contribution >= 0.6 is 0 Å². The van der Waals surface area contributed by atoms with E-state index in [1.807, 2.05) is 0 Å². The topological polar surface area (TPSA) is 126 Å². The Labute approximate surface area is 224 Å². The van der Waals surface area contributed by atoms with E-state index < -0.39 is 78.5 Å². The van der Waals surface area contributed by atoms with Gasteiger partial charge in [0, 0.05) is 38.5 Å². The standard InChI is InChI=1S/C24H26F6N4O6/c1-3-6-38-23(37)40-12(2)39-21(36)20-18-11-33(4-5-34(18)22(32-20)24(28,29)30)19(35)9-14(31)7-13-8-16(26)17(27)10-15(13)25/h8,10,12,14H,3-7,9,11,31H2,1-2H3. The molecule has 1 aliphatic rings. The van der Waals surface area contributed by atoms with E-state index in [0.29, 0.717) is 18.6 Å². The Kier molecular flexibility index (Phi) is 9.65. The highest BCUT2D eigenvalue weighted by molar-refractivity contribution is 5.89. The number of halogens is 6. The summed E-state index contributed by atoms with van der Waals surface area (Å²) < 4.78 is 96.5. The molecule has 0 bridgehead atoms. The van der Waals surface area contributed by atoms with E-state index in [0.717, 1.165) is 16.4 Å². The molecule has 1 aromatic heterocycles. The van der Waals surface area contributed by atoms with Crippen LogP contribution in [0.25, 0.3) is 0 Å². The molecule has 0 spiro atoms. The number of benzene rings is 1. The number of aromatic nitrogens is 2. The number of alkyl halides is 3. The van der Waals surface area contributed by atoms with Gasteiger partial charge in [0.2, 0.25) is 18.0 Å². The van der Waals surface area contributed by atoms with Crippen LogP contribution in [0.2, 0.25) is 0 Å². The second kappa shape index (κ2) is 12.6. The third kappa shape index (κ3) is 7.43. The van der Waals surface area contributed by atoms with Gasteiger partial charge in [0.05, 0.1) is 18.8 Å². The molecule has 2 unspecified atom stereocenters. The van der Waals surface area contributed by atoms with Crippen molar-refractivity contribution in [1.29, 1.82) is 0 Å². The van der Waals surface area contributed by atoms with Gasteiger partial charge in [-0.25, -0.2) is 27.7 Å². The number of hydrogen-bond acceptors (Lipinski definition) is 8.